The van der Waals surface area contributed by atoms with Crippen molar-refractivity contribution in [2.75, 3.05) is 13.1 Å². The normalized spacial score (nSPS) is 32.7. The van der Waals surface area contributed by atoms with E-state index in [1.165, 1.54) is 0 Å². The molecular formula is C22H27F3N4O2. The number of fused-ring (bicyclic) bond motifs is 2. The van der Waals surface area contributed by atoms with E-state index in [0.29, 0.717) is 37.2 Å². The Labute approximate surface area is 179 Å². The van der Waals surface area contributed by atoms with Crippen molar-refractivity contribution in [3.63, 3.8) is 0 Å². The number of nitrogens with one attached hydrogen (secondary N) is 2. The molecule has 4 aliphatic rings. The lowest BCUT2D eigenvalue weighted by Gasteiger charge is -2.37. The summed E-state index contributed by atoms with van der Waals surface area (Å²) < 4.78 is 39.3. The molecule has 1 unspecified atom stereocenters. The summed E-state index contributed by atoms with van der Waals surface area (Å²) in [6.45, 7) is 1.35. The van der Waals surface area contributed by atoms with Crippen LogP contribution in [0.3, 0.4) is 0 Å². The minimum absolute atomic E-state index is 0.0260. The van der Waals surface area contributed by atoms with Gasteiger partial charge in [0.2, 0.25) is 11.8 Å². The molecule has 168 valence electrons. The third kappa shape index (κ3) is 3.60. The molecule has 1 aromatic rings. The molecule has 2 saturated carbocycles. The van der Waals surface area contributed by atoms with Gasteiger partial charge in [0.05, 0.1) is 17.0 Å². The van der Waals surface area contributed by atoms with E-state index in [4.69, 9.17) is 0 Å². The average Bonchev–Trinajstić information content (AvgIpc) is 3.41. The molecule has 2 aliphatic heterocycles. The Bertz CT molecular complexity index is 905. The molecule has 0 spiro atoms. The Morgan fingerprint density at radius 1 is 1.32 bits per heavy atom. The molecule has 2 amide bonds. The molecule has 3 fully saturated rings. The molecule has 6 nitrogen and oxygen atoms in total. The molecule has 4 atom stereocenters. The number of nitrogens with zero attached hydrogens (tertiary/aromatic N) is 2. The fourth-order valence-electron chi connectivity index (χ4n) is 6.23. The van der Waals surface area contributed by atoms with Gasteiger partial charge in [0, 0.05) is 44.0 Å². The van der Waals surface area contributed by atoms with Crippen LogP contribution in [0.15, 0.2) is 12.3 Å². The summed E-state index contributed by atoms with van der Waals surface area (Å²) in [6, 6.07) is 1.08. The van der Waals surface area contributed by atoms with Crippen LogP contribution >= 0.6 is 0 Å². The van der Waals surface area contributed by atoms with Crippen molar-refractivity contribution in [3.05, 3.63) is 29.1 Å². The molecular weight excluding hydrogens is 409 g/mol. The predicted molar refractivity (Wildman–Crippen MR) is 106 cm³/mol. The summed E-state index contributed by atoms with van der Waals surface area (Å²) >= 11 is 0. The van der Waals surface area contributed by atoms with E-state index in [2.05, 4.69) is 15.6 Å². The van der Waals surface area contributed by atoms with Crippen LogP contribution in [0.2, 0.25) is 0 Å². The second-order valence-corrected chi connectivity index (χ2v) is 9.49. The monoisotopic (exact) mass is 436 g/mol. The van der Waals surface area contributed by atoms with Gasteiger partial charge in [0.15, 0.2) is 0 Å². The zero-order valence-corrected chi connectivity index (χ0v) is 17.3. The molecule has 31 heavy (non-hydrogen) atoms. The molecule has 5 rings (SSSR count). The molecule has 3 heterocycles. The second kappa shape index (κ2) is 7.46. The Balaban J connectivity index is 1.33. The van der Waals surface area contributed by atoms with Gasteiger partial charge in [0.25, 0.3) is 0 Å². The molecule has 0 aromatic carbocycles. The Kier molecular flexibility index (Phi) is 4.99. The lowest BCUT2D eigenvalue weighted by Crippen LogP contribution is -2.47. The SMILES string of the molecule is O=C1NCCC1N[C@H]1C[C@H]2CCC[C@@]2(C(=O)N2CCc3ncc(C(F)(F)F)cc3C2)C1. The number of pyridine rings is 1. The van der Waals surface area contributed by atoms with E-state index in [0.717, 1.165) is 44.4 Å². The van der Waals surface area contributed by atoms with Crippen LogP contribution in [0, 0.1) is 11.3 Å². The van der Waals surface area contributed by atoms with Gasteiger partial charge in [0.1, 0.15) is 0 Å². The van der Waals surface area contributed by atoms with Crippen molar-refractivity contribution in [3.8, 4) is 0 Å². The Morgan fingerprint density at radius 2 is 2.16 bits per heavy atom. The van der Waals surface area contributed by atoms with E-state index >= 15 is 0 Å². The van der Waals surface area contributed by atoms with E-state index in [9.17, 15) is 22.8 Å². The maximum absolute atomic E-state index is 13.7. The largest absolute Gasteiger partial charge is 0.417 e. The maximum atomic E-state index is 13.7. The van der Waals surface area contributed by atoms with Crippen LogP contribution in [-0.4, -0.2) is 46.9 Å². The van der Waals surface area contributed by atoms with E-state index in [1.54, 1.807) is 4.90 Å². The first kappa shape index (κ1) is 20.7. The predicted octanol–water partition coefficient (Wildman–Crippen LogP) is 2.41. The highest BCUT2D eigenvalue weighted by atomic mass is 19.4. The molecule has 2 aliphatic carbocycles. The summed E-state index contributed by atoms with van der Waals surface area (Å²) in [4.78, 5) is 31.4. The van der Waals surface area contributed by atoms with E-state index in [1.807, 2.05) is 0 Å². The number of rotatable bonds is 3. The van der Waals surface area contributed by atoms with Crippen LogP contribution in [-0.2, 0) is 28.7 Å². The standard InChI is InChI=1S/C22H27F3N4O2/c23-22(24,25)15-8-13-12-29(7-4-17(13)27-11-15)20(31)21-5-1-2-14(21)9-16(10-21)28-18-3-6-26-19(18)30/h8,11,14,16,18,28H,1-7,9-10,12H2,(H,26,30)/t14-,16+,18?,21-/m1/s1. The molecule has 1 saturated heterocycles. The smallest absolute Gasteiger partial charge is 0.355 e. The zero-order chi connectivity index (χ0) is 21.8. The third-order valence-corrected chi connectivity index (χ3v) is 7.70. The van der Waals surface area contributed by atoms with Crippen molar-refractivity contribution in [2.45, 2.75) is 69.8 Å². The molecule has 0 bridgehead atoms. The third-order valence-electron chi connectivity index (χ3n) is 7.70. The van der Waals surface area contributed by atoms with Crippen molar-refractivity contribution in [2.24, 2.45) is 11.3 Å². The van der Waals surface area contributed by atoms with Crippen LogP contribution < -0.4 is 10.6 Å². The number of aromatic nitrogens is 1. The number of hydrogen-bond donors (Lipinski definition) is 2. The molecule has 0 radical (unpaired) electrons. The van der Waals surface area contributed by atoms with Crippen molar-refractivity contribution in [1.82, 2.24) is 20.5 Å². The number of alkyl halides is 3. The molecule has 9 heteroatoms. The summed E-state index contributed by atoms with van der Waals surface area (Å²) in [5.74, 6) is 0.360. The van der Waals surface area contributed by atoms with Gasteiger partial charge >= 0.3 is 6.18 Å². The van der Waals surface area contributed by atoms with E-state index < -0.39 is 17.2 Å². The van der Waals surface area contributed by atoms with Crippen LogP contribution in [0.5, 0.6) is 0 Å². The summed E-state index contributed by atoms with van der Waals surface area (Å²) in [5.41, 5.74) is -0.0805. The van der Waals surface area contributed by atoms with Crippen LogP contribution in [0.25, 0.3) is 0 Å². The summed E-state index contributed by atoms with van der Waals surface area (Å²) in [5, 5.41) is 6.30. The molecule has 2 N–H and O–H groups in total. The maximum Gasteiger partial charge on any atom is 0.417 e. The zero-order valence-electron chi connectivity index (χ0n) is 17.3. The Hall–Kier alpha value is -2.16. The minimum atomic E-state index is -4.44. The van der Waals surface area contributed by atoms with Crippen LogP contribution in [0.1, 0.15) is 55.3 Å². The van der Waals surface area contributed by atoms with Crippen LogP contribution in [0.4, 0.5) is 13.2 Å². The van der Waals surface area contributed by atoms with Crippen molar-refractivity contribution in [1.29, 1.82) is 0 Å². The summed E-state index contributed by atoms with van der Waals surface area (Å²) in [6.07, 6.45) is 2.05. The quantitative estimate of drug-likeness (QED) is 0.763. The fraction of sp³-hybridized carbons (Fsp3) is 0.682. The van der Waals surface area contributed by atoms with Gasteiger partial charge < -0.3 is 15.5 Å². The fourth-order valence-corrected chi connectivity index (χ4v) is 6.23. The highest BCUT2D eigenvalue weighted by molar-refractivity contribution is 5.85. The first-order chi connectivity index (χ1) is 14.8. The van der Waals surface area contributed by atoms with Gasteiger partial charge in [-0.1, -0.05) is 6.42 Å². The van der Waals surface area contributed by atoms with Gasteiger partial charge in [-0.2, -0.15) is 13.2 Å². The number of carbonyl (C=O) groups is 2. The average molecular weight is 436 g/mol. The topological polar surface area (TPSA) is 74.3 Å². The molecule has 1 aromatic heterocycles. The number of halogens is 3. The Morgan fingerprint density at radius 3 is 2.90 bits per heavy atom. The number of amides is 2. The van der Waals surface area contributed by atoms with Gasteiger partial charge in [-0.05, 0) is 49.7 Å². The van der Waals surface area contributed by atoms with Gasteiger partial charge in [-0.25, -0.2) is 0 Å². The van der Waals surface area contributed by atoms with Crippen molar-refractivity contribution < 1.29 is 22.8 Å². The minimum Gasteiger partial charge on any atom is -0.355 e. The summed E-state index contributed by atoms with van der Waals surface area (Å²) in [7, 11) is 0. The van der Waals surface area contributed by atoms with Crippen molar-refractivity contribution >= 4 is 11.8 Å². The van der Waals surface area contributed by atoms with Gasteiger partial charge in [-0.15, -0.1) is 0 Å². The lowest BCUT2D eigenvalue weighted by atomic mass is 9.78. The second-order valence-electron chi connectivity index (χ2n) is 9.49. The highest BCUT2D eigenvalue weighted by Gasteiger charge is 2.56. The first-order valence-corrected chi connectivity index (χ1v) is 11.1. The van der Waals surface area contributed by atoms with Gasteiger partial charge in [-0.3, -0.25) is 14.6 Å². The van der Waals surface area contributed by atoms with E-state index in [-0.39, 0.29) is 36.4 Å². The number of hydrogen-bond acceptors (Lipinski definition) is 4. The first-order valence-electron chi connectivity index (χ1n) is 11.1. The number of carbonyl (C=O) groups excluding carboxylic acids is 2. The highest BCUT2D eigenvalue weighted by Crippen LogP contribution is 2.55. The lowest BCUT2D eigenvalue weighted by molar-refractivity contribution is -0.144.